The Hall–Kier alpha value is -2.82. The van der Waals surface area contributed by atoms with Gasteiger partial charge in [-0.25, -0.2) is 0 Å². The molecule has 0 spiro atoms. The lowest BCUT2D eigenvalue weighted by atomic mass is 9.81. The highest BCUT2D eigenvalue weighted by Gasteiger charge is 2.29. The number of carbonyl (C=O) groups is 2. The molecule has 0 aliphatic heterocycles. The molecule has 3 rings (SSSR count). The fourth-order valence-corrected chi connectivity index (χ4v) is 3.56. The molecule has 2 N–H and O–H groups in total. The van der Waals surface area contributed by atoms with Gasteiger partial charge in [0.05, 0.1) is 7.11 Å². The van der Waals surface area contributed by atoms with E-state index in [1.54, 1.807) is 7.11 Å². The molecule has 0 saturated heterocycles. The quantitative estimate of drug-likeness (QED) is 0.818. The Morgan fingerprint density at radius 2 is 1.48 bits per heavy atom. The van der Waals surface area contributed by atoms with Crippen LogP contribution in [0, 0.1) is 11.8 Å². The van der Waals surface area contributed by atoms with Crippen LogP contribution in [0.15, 0.2) is 54.6 Å². The maximum absolute atomic E-state index is 12.5. The fourth-order valence-electron chi connectivity index (χ4n) is 3.56. The lowest BCUT2D eigenvalue weighted by molar-refractivity contribution is -0.128. The summed E-state index contributed by atoms with van der Waals surface area (Å²) in [5, 5.41) is 5.97. The van der Waals surface area contributed by atoms with E-state index in [4.69, 9.17) is 4.74 Å². The molecule has 27 heavy (non-hydrogen) atoms. The first-order valence-electron chi connectivity index (χ1n) is 9.43. The number of ether oxygens (including phenoxy) is 1. The summed E-state index contributed by atoms with van der Waals surface area (Å²) in [5.74, 6) is 0.833. The molecule has 2 amide bonds. The van der Waals surface area contributed by atoms with Crippen LogP contribution >= 0.6 is 0 Å². The zero-order chi connectivity index (χ0) is 19.1. The summed E-state index contributed by atoms with van der Waals surface area (Å²) in [4.78, 5) is 24.9. The van der Waals surface area contributed by atoms with Crippen molar-refractivity contribution in [3.8, 4) is 5.75 Å². The van der Waals surface area contributed by atoms with Gasteiger partial charge in [-0.15, -0.1) is 0 Å². The Morgan fingerprint density at radius 3 is 2.15 bits per heavy atom. The number of methoxy groups -OCH3 is 1. The van der Waals surface area contributed by atoms with Gasteiger partial charge in [0.1, 0.15) is 5.75 Å². The van der Waals surface area contributed by atoms with E-state index in [1.165, 1.54) is 0 Å². The Labute approximate surface area is 160 Å². The lowest BCUT2D eigenvalue weighted by Gasteiger charge is -2.27. The molecule has 0 heterocycles. The van der Waals surface area contributed by atoms with Crippen LogP contribution in [-0.4, -0.2) is 18.9 Å². The summed E-state index contributed by atoms with van der Waals surface area (Å²) in [5.41, 5.74) is 1.78. The zero-order valence-corrected chi connectivity index (χ0v) is 15.6. The van der Waals surface area contributed by atoms with Crippen LogP contribution in [0.1, 0.15) is 31.2 Å². The first-order chi connectivity index (χ1) is 13.2. The van der Waals surface area contributed by atoms with Gasteiger partial charge in [0.15, 0.2) is 0 Å². The summed E-state index contributed by atoms with van der Waals surface area (Å²) in [6.07, 6.45) is 2.96. The summed E-state index contributed by atoms with van der Waals surface area (Å²) in [7, 11) is 1.63. The van der Waals surface area contributed by atoms with Crippen molar-refractivity contribution in [1.82, 2.24) is 5.32 Å². The van der Waals surface area contributed by atoms with Crippen LogP contribution in [0.25, 0.3) is 0 Å². The minimum Gasteiger partial charge on any atom is -0.496 e. The molecule has 5 heteroatoms. The van der Waals surface area contributed by atoms with Gasteiger partial charge in [-0.2, -0.15) is 0 Å². The van der Waals surface area contributed by atoms with E-state index < -0.39 is 0 Å². The van der Waals surface area contributed by atoms with Crippen LogP contribution < -0.4 is 15.4 Å². The number of amides is 2. The standard InChI is InChI=1S/C22H26N2O3/c1-27-20-10-6-5-7-18(20)15-23-21(25)16-11-13-17(14-12-16)22(26)24-19-8-3-2-4-9-19/h2-10,16-17H,11-15H2,1H3,(H,23,25)(H,24,26). The summed E-state index contributed by atoms with van der Waals surface area (Å²) in [6.45, 7) is 0.456. The third-order valence-corrected chi connectivity index (χ3v) is 5.16. The van der Waals surface area contributed by atoms with E-state index in [2.05, 4.69) is 10.6 Å². The van der Waals surface area contributed by atoms with Crippen molar-refractivity contribution in [2.75, 3.05) is 12.4 Å². The molecule has 142 valence electrons. The molecule has 0 unspecified atom stereocenters. The normalized spacial score (nSPS) is 19.1. The average molecular weight is 366 g/mol. The summed E-state index contributed by atoms with van der Waals surface area (Å²) in [6, 6.07) is 17.2. The minimum absolute atomic E-state index is 0.0246. The number of rotatable bonds is 6. The van der Waals surface area contributed by atoms with Crippen molar-refractivity contribution < 1.29 is 14.3 Å². The molecule has 2 aromatic rings. The van der Waals surface area contributed by atoms with E-state index >= 15 is 0 Å². The van der Waals surface area contributed by atoms with Gasteiger partial charge in [-0.3, -0.25) is 9.59 Å². The van der Waals surface area contributed by atoms with E-state index in [0.29, 0.717) is 6.54 Å². The molecular weight excluding hydrogens is 340 g/mol. The molecule has 1 fully saturated rings. The number of nitrogens with one attached hydrogen (secondary N) is 2. The van der Waals surface area contributed by atoms with Crippen molar-refractivity contribution in [2.24, 2.45) is 11.8 Å². The van der Waals surface area contributed by atoms with E-state index in [0.717, 1.165) is 42.7 Å². The highest BCUT2D eigenvalue weighted by atomic mass is 16.5. The smallest absolute Gasteiger partial charge is 0.227 e. The molecule has 5 nitrogen and oxygen atoms in total. The van der Waals surface area contributed by atoms with Gasteiger partial charge in [0.2, 0.25) is 11.8 Å². The van der Waals surface area contributed by atoms with Crippen LogP contribution in [-0.2, 0) is 16.1 Å². The van der Waals surface area contributed by atoms with Crippen LogP contribution in [0.2, 0.25) is 0 Å². The van der Waals surface area contributed by atoms with Crippen molar-refractivity contribution in [3.05, 3.63) is 60.2 Å². The first kappa shape index (κ1) is 19.0. The number of para-hydroxylation sites is 2. The SMILES string of the molecule is COc1ccccc1CNC(=O)C1CCC(C(=O)Nc2ccccc2)CC1. The number of hydrogen-bond acceptors (Lipinski definition) is 3. The Kier molecular flexibility index (Phi) is 6.47. The van der Waals surface area contributed by atoms with Crippen molar-refractivity contribution in [1.29, 1.82) is 0 Å². The summed E-state index contributed by atoms with van der Waals surface area (Å²) >= 11 is 0. The third kappa shape index (κ3) is 5.09. The first-order valence-corrected chi connectivity index (χ1v) is 9.43. The van der Waals surface area contributed by atoms with Gasteiger partial charge in [-0.1, -0.05) is 36.4 Å². The van der Waals surface area contributed by atoms with Crippen molar-refractivity contribution in [2.45, 2.75) is 32.2 Å². The fraction of sp³-hybridized carbons (Fsp3) is 0.364. The highest BCUT2D eigenvalue weighted by Crippen LogP contribution is 2.30. The van der Waals surface area contributed by atoms with Crippen LogP contribution in [0.4, 0.5) is 5.69 Å². The van der Waals surface area contributed by atoms with E-state index in [-0.39, 0.29) is 23.7 Å². The Morgan fingerprint density at radius 1 is 0.889 bits per heavy atom. The van der Waals surface area contributed by atoms with Crippen LogP contribution in [0.3, 0.4) is 0 Å². The maximum atomic E-state index is 12.5. The molecule has 0 bridgehead atoms. The molecule has 1 aliphatic carbocycles. The zero-order valence-electron chi connectivity index (χ0n) is 15.6. The number of benzene rings is 2. The maximum Gasteiger partial charge on any atom is 0.227 e. The topological polar surface area (TPSA) is 67.4 Å². The molecule has 1 saturated carbocycles. The monoisotopic (exact) mass is 366 g/mol. The molecule has 1 aliphatic rings. The van der Waals surface area contributed by atoms with E-state index in [9.17, 15) is 9.59 Å². The molecule has 0 radical (unpaired) electrons. The van der Waals surface area contributed by atoms with Gasteiger partial charge in [0, 0.05) is 29.6 Å². The third-order valence-electron chi connectivity index (χ3n) is 5.16. The van der Waals surface area contributed by atoms with E-state index in [1.807, 2.05) is 54.6 Å². The van der Waals surface area contributed by atoms with Crippen molar-refractivity contribution >= 4 is 17.5 Å². The van der Waals surface area contributed by atoms with Crippen LogP contribution in [0.5, 0.6) is 5.75 Å². The average Bonchev–Trinajstić information content (AvgIpc) is 2.73. The minimum atomic E-state index is -0.0273. The Bertz CT molecular complexity index is 768. The number of carbonyl (C=O) groups excluding carboxylic acids is 2. The largest absolute Gasteiger partial charge is 0.496 e. The second-order valence-electron chi connectivity index (χ2n) is 6.93. The predicted molar refractivity (Wildman–Crippen MR) is 105 cm³/mol. The summed E-state index contributed by atoms with van der Waals surface area (Å²) < 4.78 is 5.32. The number of anilines is 1. The molecular formula is C22H26N2O3. The van der Waals surface area contributed by atoms with Gasteiger partial charge in [0.25, 0.3) is 0 Å². The van der Waals surface area contributed by atoms with Gasteiger partial charge >= 0.3 is 0 Å². The number of hydrogen-bond donors (Lipinski definition) is 2. The highest BCUT2D eigenvalue weighted by molar-refractivity contribution is 5.92. The predicted octanol–water partition coefficient (Wildman–Crippen LogP) is 3.76. The molecule has 2 aromatic carbocycles. The lowest BCUT2D eigenvalue weighted by Crippen LogP contribution is -2.35. The van der Waals surface area contributed by atoms with Gasteiger partial charge < -0.3 is 15.4 Å². The Balaban J connectivity index is 1.45. The second kappa shape index (κ2) is 9.21. The van der Waals surface area contributed by atoms with Gasteiger partial charge in [-0.05, 0) is 43.9 Å². The molecule has 0 aromatic heterocycles. The molecule has 0 atom stereocenters. The second-order valence-corrected chi connectivity index (χ2v) is 6.93. The van der Waals surface area contributed by atoms with Crippen molar-refractivity contribution in [3.63, 3.8) is 0 Å².